The van der Waals surface area contributed by atoms with Gasteiger partial charge in [-0.3, -0.25) is 0 Å². The Labute approximate surface area is 122 Å². The zero-order chi connectivity index (χ0) is 14.8. The van der Waals surface area contributed by atoms with Crippen molar-refractivity contribution in [2.75, 3.05) is 39.1 Å². The molecular weight excluding hydrogens is 274 g/mol. The maximum Gasteiger partial charge on any atom is 0.282 e. The van der Waals surface area contributed by atoms with Gasteiger partial charge < -0.3 is 4.90 Å². The number of anilines is 1. The largest absolute Gasteiger partial charge is 0.378 e. The minimum absolute atomic E-state index is 0.409. The van der Waals surface area contributed by atoms with Crippen molar-refractivity contribution in [1.82, 2.24) is 8.61 Å². The van der Waals surface area contributed by atoms with Crippen LogP contribution in [-0.2, 0) is 16.8 Å². The van der Waals surface area contributed by atoms with E-state index in [0.717, 1.165) is 24.1 Å². The minimum Gasteiger partial charge on any atom is -0.378 e. The zero-order valence-corrected chi connectivity index (χ0v) is 13.2. The van der Waals surface area contributed by atoms with Crippen molar-refractivity contribution in [2.24, 2.45) is 0 Å². The Hall–Kier alpha value is -1.11. The van der Waals surface area contributed by atoms with Crippen LogP contribution in [0.5, 0.6) is 0 Å². The van der Waals surface area contributed by atoms with E-state index in [0.29, 0.717) is 19.6 Å². The molecule has 0 spiro atoms. The van der Waals surface area contributed by atoms with E-state index < -0.39 is 10.2 Å². The van der Waals surface area contributed by atoms with E-state index in [9.17, 15) is 8.42 Å². The van der Waals surface area contributed by atoms with Crippen LogP contribution in [-0.4, -0.2) is 51.3 Å². The molecule has 1 saturated heterocycles. The average molecular weight is 297 g/mol. The van der Waals surface area contributed by atoms with Crippen LogP contribution in [0.15, 0.2) is 24.3 Å². The van der Waals surface area contributed by atoms with Crippen LogP contribution in [0.1, 0.15) is 18.4 Å². The van der Waals surface area contributed by atoms with Crippen LogP contribution in [0.2, 0.25) is 0 Å². The van der Waals surface area contributed by atoms with Crippen LogP contribution in [0, 0.1) is 0 Å². The van der Waals surface area contributed by atoms with Crippen LogP contribution < -0.4 is 4.90 Å². The highest BCUT2D eigenvalue weighted by Crippen LogP contribution is 2.18. The third-order valence-corrected chi connectivity index (χ3v) is 5.58. The molecule has 112 valence electrons. The summed E-state index contributed by atoms with van der Waals surface area (Å²) in [5, 5.41) is 0. The van der Waals surface area contributed by atoms with Crippen LogP contribution >= 0.6 is 0 Å². The third-order valence-electron chi connectivity index (χ3n) is 3.64. The van der Waals surface area contributed by atoms with Gasteiger partial charge in [0.05, 0.1) is 0 Å². The summed E-state index contributed by atoms with van der Waals surface area (Å²) in [5.74, 6) is 0. The molecule has 0 aliphatic carbocycles. The van der Waals surface area contributed by atoms with Crippen molar-refractivity contribution >= 4 is 15.9 Å². The van der Waals surface area contributed by atoms with Gasteiger partial charge in [-0.1, -0.05) is 12.1 Å². The Morgan fingerprint density at radius 3 is 2.10 bits per heavy atom. The molecule has 0 amide bonds. The van der Waals surface area contributed by atoms with Gasteiger partial charge in [-0.25, -0.2) is 0 Å². The first-order valence-corrected chi connectivity index (χ1v) is 8.28. The lowest BCUT2D eigenvalue weighted by Crippen LogP contribution is -2.39. The molecule has 1 aliphatic rings. The summed E-state index contributed by atoms with van der Waals surface area (Å²) in [4.78, 5) is 2.02. The first kappa shape index (κ1) is 15.3. The minimum atomic E-state index is -3.31. The summed E-state index contributed by atoms with van der Waals surface area (Å²) in [7, 11) is 2.31. The van der Waals surface area contributed by atoms with Gasteiger partial charge in [-0.05, 0) is 30.5 Å². The second-order valence-corrected chi connectivity index (χ2v) is 7.47. The molecule has 0 saturated carbocycles. The number of nitrogens with zero attached hydrogens (tertiary/aromatic N) is 3. The van der Waals surface area contributed by atoms with E-state index in [1.165, 1.54) is 4.31 Å². The maximum absolute atomic E-state index is 12.4. The van der Waals surface area contributed by atoms with Crippen molar-refractivity contribution in [3.8, 4) is 0 Å². The van der Waals surface area contributed by atoms with Crippen molar-refractivity contribution in [1.29, 1.82) is 0 Å². The Bertz CT molecular complexity index is 534. The average Bonchev–Trinajstić information content (AvgIpc) is 2.93. The van der Waals surface area contributed by atoms with E-state index >= 15 is 0 Å². The van der Waals surface area contributed by atoms with E-state index in [2.05, 4.69) is 0 Å². The van der Waals surface area contributed by atoms with Gasteiger partial charge in [0.1, 0.15) is 0 Å². The van der Waals surface area contributed by atoms with E-state index in [1.54, 1.807) is 11.4 Å². The Morgan fingerprint density at radius 1 is 1.05 bits per heavy atom. The highest BCUT2D eigenvalue weighted by molar-refractivity contribution is 7.86. The van der Waals surface area contributed by atoms with Crippen molar-refractivity contribution < 1.29 is 8.42 Å². The zero-order valence-electron chi connectivity index (χ0n) is 12.4. The fourth-order valence-electron chi connectivity index (χ4n) is 2.35. The first-order chi connectivity index (χ1) is 9.41. The normalized spacial score (nSPS) is 16.8. The standard InChI is InChI=1S/C14H23N3O2S/c1-15(2)14-8-6-13(7-9-14)12-16(3)20(18,19)17-10-4-5-11-17/h6-9H,4-5,10-12H2,1-3H3. The maximum atomic E-state index is 12.4. The Balaban J connectivity index is 2.05. The molecular formula is C14H23N3O2S. The molecule has 1 heterocycles. The van der Waals surface area contributed by atoms with Gasteiger partial charge in [0.15, 0.2) is 0 Å². The molecule has 0 N–H and O–H groups in total. The molecule has 20 heavy (non-hydrogen) atoms. The van der Waals surface area contributed by atoms with Gasteiger partial charge in [-0.15, -0.1) is 0 Å². The molecule has 1 aromatic rings. The fraction of sp³-hybridized carbons (Fsp3) is 0.571. The number of rotatable bonds is 5. The molecule has 2 rings (SSSR count). The van der Waals surface area contributed by atoms with Crippen molar-refractivity contribution in [3.05, 3.63) is 29.8 Å². The smallest absolute Gasteiger partial charge is 0.282 e. The molecule has 0 aromatic heterocycles. The summed E-state index contributed by atoms with van der Waals surface area (Å²) in [6, 6.07) is 7.97. The topological polar surface area (TPSA) is 43.9 Å². The van der Waals surface area contributed by atoms with Gasteiger partial charge in [-0.2, -0.15) is 17.0 Å². The molecule has 0 unspecified atom stereocenters. The highest BCUT2D eigenvalue weighted by Gasteiger charge is 2.29. The summed E-state index contributed by atoms with van der Waals surface area (Å²) in [6.45, 7) is 1.70. The SMILES string of the molecule is CN(C)c1ccc(CN(C)S(=O)(=O)N2CCCC2)cc1. The Morgan fingerprint density at radius 2 is 1.60 bits per heavy atom. The van der Waals surface area contributed by atoms with Crippen LogP contribution in [0.25, 0.3) is 0 Å². The van der Waals surface area contributed by atoms with Gasteiger partial charge in [0.2, 0.25) is 0 Å². The molecule has 1 aromatic carbocycles. The quantitative estimate of drug-likeness (QED) is 0.828. The third kappa shape index (κ3) is 3.31. The molecule has 0 radical (unpaired) electrons. The summed E-state index contributed by atoms with van der Waals surface area (Å²) < 4.78 is 27.7. The lowest BCUT2D eigenvalue weighted by atomic mass is 10.2. The summed E-state index contributed by atoms with van der Waals surface area (Å²) >= 11 is 0. The molecule has 1 fully saturated rings. The van der Waals surface area contributed by atoms with Crippen LogP contribution in [0.4, 0.5) is 5.69 Å². The monoisotopic (exact) mass is 297 g/mol. The molecule has 6 heteroatoms. The van der Waals surface area contributed by atoms with E-state index in [4.69, 9.17) is 0 Å². The number of benzene rings is 1. The fourth-order valence-corrected chi connectivity index (χ4v) is 3.78. The summed E-state index contributed by atoms with van der Waals surface area (Å²) in [6.07, 6.45) is 1.93. The lowest BCUT2D eigenvalue weighted by molar-refractivity contribution is 0.392. The van der Waals surface area contributed by atoms with Crippen molar-refractivity contribution in [2.45, 2.75) is 19.4 Å². The Kier molecular flexibility index (Phi) is 4.67. The second kappa shape index (κ2) is 6.11. The van der Waals surface area contributed by atoms with Gasteiger partial charge in [0, 0.05) is 46.5 Å². The van der Waals surface area contributed by atoms with Crippen LogP contribution in [0.3, 0.4) is 0 Å². The van der Waals surface area contributed by atoms with E-state index in [1.807, 2.05) is 43.3 Å². The molecule has 5 nitrogen and oxygen atoms in total. The second-order valence-electron chi connectivity index (χ2n) is 5.43. The first-order valence-electron chi connectivity index (χ1n) is 6.89. The summed E-state index contributed by atoms with van der Waals surface area (Å²) in [5.41, 5.74) is 2.11. The molecule has 1 aliphatic heterocycles. The van der Waals surface area contributed by atoms with Gasteiger partial charge >= 0.3 is 0 Å². The predicted octanol–water partition coefficient (Wildman–Crippen LogP) is 1.52. The predicted molar refractivity (Wildman–Crippen MR) is 82.0 cm³/mol. The van der Waals surface area contributed by atoms with Crippen molar-refractivity contribution in [3.63, 3.8) is 0 Å². The molecule has 0 atom stereocenters. The highest BCUT2D eigenvalue weighted by atomic mass is 32.2. The number of hydrogen-bond donors (Lipinski definition) is 0. The molecule has 0 bridgehead atoms. The van der Waals surface area contributed by atoms with E-state index in [-0.39, 0.29) is 0 Å². The number of hydrogen-bond acceptors (Lipinski definition) is 3. The lowest BCUT2D eigenvalue weighted by Gasteiger charge is -2.24. The van der Waals surface area contributed by atoms with Gasteiger partial charge in [0.25, 0.3) is 10.2 Å².